The van der Waals surface area contributed by atoms with E-state index in [-0.39, 0.29) is 11.7 Å². The average Bonchev–Trinajstić information content (AvgIpc) is 3.15. The van der Waals surface area contributed by atoms with Crippen molar-refractivity contribution in [2.45, 2.75) is 29.9 Å². The lowest BCUT2D eigenvalue weighted by molar-refractivity contribution is 0.102. The van der Waals surface area contributed by atoms with Crippen LogP contribution in [0.1, 0.15) is 35.7 Å². The van der Waals surface area contributed by atoms with E-state index in [2.05, 4.69) is 22.4 Å². The zero-order chi connectivity index (χ0) is 19.8. The molecule has 3 rings (SSSR count). The minimum absolute atomic E-state index is 0.243. The van der Waals surface area contributed by atoms with E-state index < -0.39 is 0 Å². The molecule has 2 aromatic carbocycles. The van der Waals surface area contributed by atoms with Crippen molar-refractivity contribution in [3.8, 4) is 5.75 Å². The van der Waals surface area contributed by atoms with Gasteiger partial charge in [0.05, 0.1) is 12.2 Å². The van der Waals surface area contributed by atoms with E-state index in [4.69, 9.17) is 4.74 Å². The second-order valence-corrected chi connectivity index (χ2v) is 8.11. The Labute approximate surface area is 171 Å². The number of thioether (sulfide) groups is 1. The first-order chi connectivity index (χ1) is 13.7. The van der Waals surface area contributed by atoms with Crippen molar-refractivity contribution in [2.24, 2.45) is 0 Å². The minimum atomic E-state index is -0.297. The molecule has 3 aromatic rings. The molecule has 0 saturated carbocycles. The zero-order valence-corrected chi connectivity index (χ0v) is 17.0. The number of rotatable bonds is 9. The van der Waals surface area contributed by atoms with Gasteiger partial charge in [-0.1, -0.05) is 66.8 Å². The van der Waals surface area contributed by atoms with Crippen LogP contribution in [0.3, 0.4) is 0 Å². The predicted octanol–water partition coefficient (Wildman–Crippen LogP) is 5.40. The molecule has 146 valence electrons. The molecule has 5 nitrogen and oxygen atoms in total. The monoisotopic (exact) mass is 417 g/mol. The number of aromatic nitrogens is 2. The SMILES string of the molecule is CCCCOc1ccccc1C(=O)Nc1nnc(SCc2ccccc2F)s1. The van der Waals surface area contributed by atoms with Gasteiger partial charge >= 0.3 is 0 Å². The highest BCUT2D eigenvalue weighted by atomic mass is 32.2. The molecular formula is C20H20FN3O2S2. The van der Waals surface area contributed by atoms with E-state index in [9.17, 15) is 9.18 Å². The molecule has 8 heteroatoms. The lowest BCUT2D eigenvalue weighted by Crippen LogP contribution is -2.13. The highest BCUT2D eigenvalue weighted by Gasteiger charge is 2.15. The third-order valence-electron chi connectivity index (χ3n) is 3.82. The number of carbonyl (C=O) groups is 1. The summed E-state index contributed by atoms with van der Waals surface area (Å²) < 4.78 is 20.1. The number of amides is 1. The fourth-order valence-electron chi connectivity index (χ4n) is 2.34. The van der Waals surface area contributed by atoms with E-state index in [1.165, 1.54) is 29.2 Å². The molecule has 1 amide bonds. The Hall–Kier alpha value is -2.45. The van der Waals surface area contributed by atoms with Crippen LogP contribution in [0.25, 0.3) is 0 Å². The van der Waals surface area contributed by atoms with Gasteiger partial charge in [-0.2, -0.15) is 0 Å². The Morgan fingerprint density at radius 2 is 1.96 bits per heavy atom. The van der Waals surface area contributed by atoms with Gasteiger partial charge < -0.3 is 4.74 Å². The number of ether oxygens (including phenoxy) is 1. The minimum Gasteiger partial charge on any atom is -0.493 e. The Kier molecular flexibility index (Phi) is 7.39. The second kappa shape index (κ2) is 10.2. The number of anilines is 1. The quantitative estimate of drug-likeness (QED) is 0.287. The first kappa shape index (κ1) is 20.3. The number of nitrogens with zero attached hydrogens (tertiary/aromatic N) is 2. The summed E-state index contributed by atoms with van der Waals surface area (Å²) in [5.41, 5.74) is 1.06. The van der Waals surface area contributed by atoms with Crippen molar-refractivity contribution in [1.82, 2.24) is 10.2 Å². The maximum absolute atomic E-state index is 13.7. The zero-order valence-electron chi connectivity index (χ0n) is 15.4. The van der Waals surface area contributed by atoms with E-state index in [1.807, 2.05) is 6.07 Å². The number of hydrogen-bond donors (Lipinski definition) is 1. The highest BCUT2D eigenvalue weighted by Crippen LogP contribution is 2.29. The Balaban J connectivity index is 1.60. The van der Waals surface area contributed by atoms with Crippen molar-refractivity contribution in [1.29, 1.82) is 0 Å². The molecule has 0 fully saturated rings. The van der Waals surface area contributed by atoms with Gasteiger partial charge in [-0.3, -0.25) is 10.1 Å². The molecule has 28 heavy (non-hydrogen) atoms. The molecule has 0 aliphatic heterocycles. The first-order valence-corrected chi connectivity index (χ1v) is 10.7. The summed E-state index contributed by atoms with van der Waals surface area (Å²) in [4.78, 5) is 12.6. The number of unbranched alkanes of at least 4 members (excludes halogenated alkanes) is 1. The number of para-hydroxylation sites is 1. The molecule has 0 aliphatic rings. The van der Waals surface area contributed by atoms with Crippen LogP contribution < -0.4 is 10.1 Å². The van der Waals surface area contributed by atoms with Gasteiger partial charge in [-0.05, 0) is 30.2 Å². The molecule has 0 saturated heterocycles. The molecule has 1 N–H and O–H groups in total. The number of hydrogen-bond acceptors (Lipinski definition) is 6. The summed E-state index contributed by atoms with van der Waals surface area (Å²) >= 11 is 2.63. The van der Waals surface area contributed by atoms with Crippen molar-refractivity contribution in [3.63, 3.8) is 0 Å². The van der Waals surface area contributed by atoms with Gasteiger partial charge in [0.2, 0.25) is 5.13 Å². The number of benzene rings is 2. The number of carbonyl (C=O) groups excluding carboxylic acids is 1. The van der Waals surface area contributed by atoms with E-state index in [0.29, 0.717) is 38.7 Å². The van der Waals surface area contributed by atoms with Gasteiger partial charge in [-0.25, -0.2) is 4.39 Å². The normalized spacial score (nSPS) is 10.6. The lowest BCUT2D eigenvalue weighted by atomic mass is 10.2. The van der Waals surface area contributed by atoms with Crippen LogP contribution in [0.4, 0.5) is 9.52 Å². The highest BCUT2D eigenvalue weighted by molar-refractivity contribution is 8.00. The van der Waals surface area contributed by atoms with Crippen molar-refractivity contribution in [2.75, 3.05) is 11.9 Å². The maximum Gasteiger partial charge on any atom is 0.261 e. The lowest BCUT2D eigenvalue weighted by Gasteiger charge is -2.10. The smallest absolute Gasteiger partial charge is 0.261 e. The van der Waals surface area contributed by atoms with Crippen LogP contribution in [0.2, 0.25) is 0 Å². The van der Waals surface area contributed by atoms with Crippen LogP contribution in [0.5, 0.6) is 5.75 Å². The van der Waals surface area contributed by atoms with Crippen LogP contribution in [-0.2, 0) is 5.75 Å². The van der Waals surface area contributed by atoms with Gasteiger partial charge in [0, 0.05) is 5.75 Å². The molecule has 0 spiro atoms. The van der Waals surface area contributed by atoms with E-state index >= 15 is 0 Å². The Bertz CT molecular complexity index is 933. The molecule has 0 radical (unpaired) electrons. The van der Waals surface area contributed by atoms with Crippen LogP contribution in [-0.4, -0.2) is 22.7 Å². The maximum atomic E-state index is 13.7. The van der Waals surface area contributed by atoms with Gasteiger partial charge in [0.15, 0.2) is 4.34 Å². The third-order valence-corrected chi connectivity index (χ3v) is 5.84. The molecule has 0 aliphatic carbocycles. The van der Waals surface area contributed by atoms with Crippen molar-refractivity contribution < 1.29 is 13.9 Å². The molecule has 0 bridgehead atoms. The predicted molar refractivity (Wildman–Crippen MR) is 111 cm³/mol. The van der Waals surface area contributed by atoms with Crippen molar-refractivity contribution >= 4 is 34.1 Å². The van der Waals surface area contributed by atoms with Crippen molar-refractivity contribution in [3.05, 3.63) is 65.5 Å². The van der Waals surface area contributed by atoms with Gasteiger partial charge in [0.1, 0.15) is 11.6 Å². The van der Waals surface area contributed by atoms with Crippen LogP contribution in [0.15, 0.2) is 52.9 Å². The summed E-state index contributed by atoms with van der Waals surface area (Å²) in [7, 11) is 0. The molecule has 1 aromatic heterocycles. The molecule has 0 atom stereocenters. The van der Waals surface area contributed by atoms with Crippen LogP contribution >= 0.6 is 23.1 Å². The van der Waals surface area contributed by atoms with Gasteiger partial charge in [-0.15, -0.1) is 10.2 Å². The molecule has 0 unspecified atom stereocenters. The third kappa shape index (κ3) is 5.53. The van der Waals surface area contributed by atoms with E-state index in [0.717, 1.165) is 12.8 Å². The van der Waals surface area contributed by atoms with E-state index in [1.54, 1.807) is 36.4 Å². The fraction of sp³-hybridized carbons (Fsp3) is 0.250. The molecular weight excluding hydrogens is 397 g/mol. The largest absolute Gasteiger partial charge is 0.493 e. The van der Waals surface area contributed by atoms with Crippen LogP contribution in [0, 0.1) is 5.82 Å². The summed E-state index contributed by atoms with van der Waals surface area (Å²) in [6, 6.07) is 13.7. The second-order valence-electron chi connectivity index (χ2n) is 5.91. The fourth-order valence-corrected chi connectivity index (χ4v) is 4.08. The topological polar surface area (TPSA) is 64.1 Å². The standard InChI is InChI=1S/C20H20FN3O2S2/c1-2-3-12-26-17-11-7-5-9-15(17)18(25)22-19-23-24-20(28-19)27-13-14-8-4-6-10-16(14)21/h4-11H,2-3,12-13H2,1H3,(H,22,23,25). The molecule has 1 heterocycles. The van der Waals surface area contributed by atoms with Gasteiger partial charge in [0.25, 0.3) is 5.91 Å². The Morgan fingerprint density at radius 1 is 1.18 bits per heavy atom. The summed E-state index contributed by atoms with van der Waals surface area (Å²) in [5, 5.41) is 11.2. The first-order valence-electron chi connectivity index (χ1n) is 8.90. The number of nitrogens with one attached hydrogen (secondary N) is 1. The average molecular weight is 418 g/mol. The summed E-state index contributed by atoms with van der Waals surface area (Å²) in [6.45, 7) is 2.65. The summed E-state index contributed by atoms with van der Waals surface area (Å²) in [6.07, 6.45) is 1.95. The Morgan fingerprint density at radius 3 is 2.79 bits per heavy atom. The number of halogens is 1. The summed E-state index contributed by atoms with van der Waals surface area (Å²) in [5.74, 6) is 0.456.